The lowest BCUT2D eigenvalue weighted by Crippen LogP contribution is -2.10. The lowest BCUT2D eigenvalue weighted by molar-refractivity contribution is 0.0483. The minimum absolute atomic E-state index is 0.358. The lowest BCUT2D eigenvalue weighted by atomic mass is 9.98. The second-order valence-electron chi connectivity index (χ2n) is 6.24. The molecule has 0 amide bonds. The van der Waals surface area contributed by atoms with Crippen LogP contribution in [0.1, 0.15) is 56.8 Å². The van der Waals surface area contributed by atoms with E-state index in [2.05, 4.69) is 20.8 Å². The molecule has 0 radical (unpaired) electrons. The molecule has 0 aromatic heterocycles. The van der Waals surface area contributed by atoms with Crippen LogP contribution in [0.2, 0.25) is 0 Å². The molecule has 0 fully saturated rings. The third-order valence-electron chi connectivity index (χ3n) is 3.54. The molecular weight excluding hydrogens is 264 g/mol. The van der Waals surface area contributed by atoms with Crippen molar-refractivity contribution in [2.24, 2.45) is 11.8 Å². The summed E-state index contributed by atoms with van der Waals surface area (Å²) < 4.78 is 5.29. The number of benzene rings is 1. The van der Waals surface area contributed by atoms with Crippen LogP contribution in [0.4, 0.5) is 11.4 Å². The molecule has 21 heavy (non-hydrogen) atoms. The SMILES string of the molecule is CC(C)CCCC(C)CCOC(=O)c1cc(N)cc(N)c1. The number of rotatable bonds is 8. The highest BCUT2D eigenvalue weighted by Gasteiger charge is 2.10. The molecule has 4 N–H and O–H groups in total. The predicted molar refractivity (Wildman–Crippen MR) is 88.0 cm³/mol. The van der Waals surface area contributed by atoms with Gasteiger partial charge >= 0.3 is 5.97 Å². The molecule has 1 unspecified atom stereocenters. The van der Waals surface area contributed by atoms with E-state index in [1.807, 2.05) is 0 Å². The van der Waals surface area contributed by atoms with E-state index in [-0.39, 0.29) is 5.97 Å². The zero-order valence-electron chi connectivity index (χ0n) is 13.4. The molecule has 4 heteroatoms. The first-order valence-corrected chi connectivity index (χ1v) is 7.71. The maximum atomic E-state index is 11.9. The molecule has 1 aromatic rings. The van der Waals surface area contributed by atoms with Gasteiger partial charge in [0.2, 0.25) is 0 Å². The molecule has 0 aliphatic heterocycles. The number of ether oxygens (including phenoxy) is 1. The number of carbonyl (C=O) groups excluding carboxylic acids is 1. The molecule has 0 spiro atoms. The summed E-state index contributed by atoms with van der Waals surface area (Å²) in [5.74, 6) is 0.967. The molecule has 0 aliphatic rings. The smallest absolute Gasteiger partial charge is 0.338 e. The van der Waals surface area contributed by atoms with Gasteiger partial charge in [-0.05, 0) is 36.5 Å². The van der Waals surface area contributed by atoms with Gasteiger partial charge in [-0.15, -0.1) is 0 Å². The van der Waals surface area contributed by atoms with Crippen LogP contribution in [-0.2, 0) is 4.74 Å². The highest BCUT2D eigenvalue weighted by atomic mass is 16.5. The summed E-state index contributed by atoms with van der Waals surface area (Å²) in [4.78, 5) is 11.9. The van der Waals surface area contributed by atoms with Gasteiger partial charge in [0.25, 0.3) is 0 Å². The summed E-state index contributed by atoms with van der Waals surface area (Å²) in [6, 6.07) is 4.79. The Balaban J connectivity index is 2.30. The van der Waals surface area contributed by atoms with Crippen molar-refractivity contribution in [1.29, 1.82) is 0 Å². The zero-order valence-corrected chi connectivity index (χ0v) is 13.4. The number of nitrogen functional groups attached to an aromatic ring is 2. The molecule has 4 nitrogen and oxygen atoms in total. The first-order valence-electron chi connectivity index (χ1n) is 7.71. The Labute approximate surface area is 127 Å². The topological polar surface area (TPSA) is 78.3 Å². The van der Waals surface area contributed by atoms with E-state index in [1.165, 1.54) is 19.3 Å². The molecule has 0 saturated heterocycles. The van der Waals surface area contributed by atoms with Gasteiger partial charge in [0.15, 0.2) is 0 Å². The van der Waals surface area contributed by atoms with Crippen molar-refractivity contribution in [3.8, 4) is 0 Å². The lowest BCUT2D eigenvalue weighted by Gasteiger charge is -2.12. The van der Waals surface area contributed by atoms with Crippen molar-refractivity contribution in [3.05, 3.63) is 23.8 Å². The number of nitrogens with two attached hydrogens (primary N) is 2. The first-order chi connectivity index (χ1) is 9.88. The van der Waals surface area contributed by atoms with E-state index in [4.69, 9.17) is 16.2 Å². The Morgan fingerprint density at radius 2 is 1.67 bits per heavy atom. The largest absolute Gasteiger partial charge is 0.462 e. The number of carbonyl (C=O) groups is 1. The zero-order chi connectivity index (χ0) is 15.8. The van der Waals surface area contributed by atoms with Crippen molar-refractivity contribution in [3.63, 3.8) is 0 Å². The highest BCUT2D eigenvalue weighted by Crippen LogP contribution is 2.17. The fraction of sp³-hybridized carbons (Fsp3) is 0.588. The summed E-state index contributed by atoms with van der Waals surface area (Å²) in [6.45, 7) is 7.12. The van der Waals surface area contributed by atoms with Gasteiger partial charge in [-0.2, -0.15) is 0 Å². The first kappa shape index (κ1) is 17.3. The van der Waals surface area contributed by atoms with Gasteiger partial charge in [-0.3, -0.25) is 0 Å². The Kier molecular flexibility index (Phi) is 7.06. The molecule has 0 heterocycles. The van der Waals surface area contributed by atoms with E-state index in [0.717, 1.165) is 12.3 Å². The van der Waals surface area contributed by atoms with Crippen LogP contribution >= 0.6 is 0 Å². The van der Waals surface area contributed by atoms with Crippen molar-refractivity contribution >= 4 is 17.3 Å². The molecule has 0 aliphatic carbocycles. The maximum Gasteiger partial charge on any atom is 0.338 e. The van der Waals surface area contributed by atoms with Gasteiger partial charge in [0, 0.05) is 11.4 Å². The van der Waals surface area contributed by atoms with Crippen molar-refractivity contribution < 1.29 is 9.53 Å². The third kappa shape index (κ3) is 7.02. The second kappa shape index (κ2) is 8.55. The summed E-state index contributed by atoms with van der Waals surface area (Å²) in [6.07, 6.45) is 4.56. The Morgan fingerprint density at radius 1 is 1.05 bits per heavy atom. The van der Waals surface area contributed by atoms with Crippen LogP contribution in [0.5, 0.6) is 0 Å². The van der Waals surface area contributed by atoms with Crippen LogP contribution in [-0.4, -0.2) is 12.6 Å². The number of esters is 1. The number of hydrogen-bond acceptors (Lipinski definition) is 4. The van der Waals surface area contributed by atoms with E-state index >= 15 is 0 Å². The van der Waals surface area contributed by atoms with Crippen LogP contribution in [0.25, 0.3) is 0 Å². The van der Waals surface area contributed by atoms with Crippen LogP contribution < -0.4 is 11.5 Å². The molecule has 1 aromatic carbocycles. The monoisotopic (exact) mass is 292 g/mol. The second-order valence-corrected chi connectivity index (χ2v) is 6.24. The summed E-state index contributed by atoms with van der Waals surface area (Å²) >= 11 is 0. The van der Waals surface area contributed by atoms with Crippen LogP contribution in [0.15, 0.2) is 18.2 Å². The van der Waals surface area contributed by atoms with Crippen LogP contribution in [0, 0.1) is 11.8 Å². The van der Waals surface area contributed by atoms with E-state index in [0.29, 0.717) is 29.5 Å². The highest BCUT2D eigenvalue weighted by molar-refractivity contribution is 5.91. The van der Waals surface area contributed by atoms with Crippen molar-refractivity contribution in [2.45, 2.75) is 46.5 Å². The Morgan fingerprint density at radius 3 is 2.24 bits per heavy atom. The molecule has 0 bridgehead atoms. The number of hydrogen-bond donors (Lipinski definition) is 2. The minimum Gasteiger partial charge on any atom is -0.462 e. The maximum absolute atomic E-state index is 11.9. The normalized spacial score (nSPS) is 12.4. The minimum atomic E-state index is -0.358. The molecular formula is C17H28N2O2. The van der Waals surface area contributed by atoms with Crippen molar-refractivity contribution in [1.82, 2.24) is 0 Å². The van der Waals surface area contributed by atoms with E-state index in [1.54, 1.807) is 18.2 Å². The fourth-order valence-corrected chi connectivity index (χ4v) is 2.25. The van der Waals surface area contributed by atoms with Gasteiger partial charge in [-0.25, -0.2) is 4.79 Å². The Bertz CT molecular complexity index is 438. The predicted octanol–water partition coefficient (Wildman–Crippen LogP) is 3.86. The molecule has 118 valence electrons. The average Bonchev–Trinajstić information content (AvgIpc) is 2.36. The molecule has 1 atom stereocenters. The van der Waals surface area contributed by atoms with E-state index in [9.17, 15) is 4.79 Å². The Hall–Kier alpha value is -1.71. The molecule has 0 saturated carbocycles. The summed E-state index contributed by atoms with van der Waals surface area (Å²) in [5.41, 5.74) is 12.7. The molecule has 1 rings (SSSR count). The van der Waals surface area contributed by atoms with Gasteiger partial charge in [0.1, 0.15) is 0 Å². The van der Waals surface area contributed by atoms with Crippen LogP contribution in [0.3, 0.4) is 0 Å². The van der Waals surface area contributed by atoms with Gasteiger partial charge in [0.05, 0.1) is 12.2 Å². The fourth-order valence-electron chi connectivity index (χ4n) is 2.25. The van der Waals surface area contributed by atoms with Gasteiger partial charge < -0.3 is 16.2 Å². The summed E-state index contributed by atoms with van der Waals surface area (Å²) in [7, 11) is 0. The van der Waals surface area contributed by atoms with E-state index < -0.39 is 0 Å². The van der Waals surface area contributed by atoms with Crippen molar-refractivity contribution in [2.75, 3.05) is 18.1 Å². The standard InChI is InChI=1S/C17H28N2O2/c1-12(2)5-4-6-13(3)7-8-21-17(20)14-9-15(18)11-16(19)10-14/h9-13H,4-8,18-19H2,1-3H3. The third-order valence-corrected chi connectivity index (χ3v) is 3.54. The summed E-state index contributed by atoms with van der Waals surface area (Å²) in [5, 5.41) is 0. The number of anilines is 2. The van der Waals surface area contributed by atoms with Gasteiger partial charge in [-0.1, -0.05) is 40.0 Å². The average molecular weight is 292 g/mol. The quantitative estimate of drug-likeness (QED) is 0.563.